The number of hydrogen-bond acceptors (Lipinski definition) is 2. The van der Waals surface area contributed by atoms with Crippen molar-refractivity contribution in [2.75, 3.05) is 0 Å². The number of aromatic nitrogens is 2. The van der Waals surface area contributed by atoms with Crippen molar-refractivity contribution in [1.82, 2.24) is 15.1 Å². The highest BCUT2D eigenvalue weighted by molar-refractivity contribution is 6.33. The molecule has 1 amide bonds. The van der Waals surface area contributed by atoms with Crippen molar-refractivity contribution in [2.24, 2.45) is 5.92 Å². The summed E-state index contributed by atoms with van der Waals surface area (Å²) in [5.41, 5.74) is 0.0796. The van der Waals surface area contributed by atoms with Gasteiger partial charge in [0.25, 0.3) is 5.91 Å². The lowest BCUT2D eigenvalue weighted by Gasteiger charge is -2.29. The summed E-state index contributed by atoms with van der Waals surface area (Å²) < 4.78 is 40.8. The number of rotatable bonds is 4. The summed E-state index contributed by atoms with van der Waals surface area (Å²) in [7, 11) is 0. The van der Waals surface area contributed by atoms with Crippen molar-refractivity contribution in [3.8, 4) is 0 Å². The van der Waals surface area contributed by atoms with Crippen molar-refractivity contribution in [2.45, 2.75) is 44.4 Å². The average molecular weight is 436 g/mol. The molecule has 0 bridgehead atoms. The van der Waals surface area contributed by atoms with Crippen LogP contribution in [0.15, 0.2) is 48.7 Å². The first-order valence-corrected chi connectivity index (χ1v) is 10.3. The van der Waals surface area contributed by atoms with Gasteiger partial charge in [-0.2, -0.15) is 18.3 Å². The Balaban J connectivity index is 1.35. The van der Waals surface area contributed by atoms with Crippen molar-refractivity contribution < 1.29 is 18.0 Å². The second-order valence-electron chi connectivity index (χ2n) is 7.77. The molecular formula is C22H21ClF3N3O. The third-order valence-corrected chi connectivity index (χ3v) is 6.03. The maximum atomic E-state index is 12.9. The van der Waals surface area contributed by atoms with Gasteiger partial charge < -0.3 is 5.32 Å². The van der Waals surface area contributed by atoms with E-state index >= 15 is 0 Å². The molecule has 1 N–H and O–H groups in total. The number of nitrogens with zero attached hydrogens (tertiary/aromatic N) is 2. The molecule has 3 aromatic rings. The first-order valence-electron chi connectivity index (χ1n) is 9.89. The molecule has 1 saturated carbocycles. The van der Waals surface area contributed by atoms with Crippen LogP contribution in [0.5, 0.6) is 0 Å². The monoisotopic (exact) mass is 435 g/mol. The molecule has 1 aliphatic rings. The predicted octanol–water partition coefficient (Wildman–Crippen LogP) is 5.70. The van der Waals surface area contributed by atoms with Crippen LogP contribution in [0.3, 0.4) is 0 Å². The smallest absolute Gasteiger partial charge is 0.349 e. The van der Waals surface area contributed by atoms with E-state index in [9.17, 15) is 18.0 Å². The van der Waals surface area contributed by atoms with Crippen LogP contribution in [0, 0.1) is 5.92 Å². The van der Waals surface area contributed by atoms with E-state index in [2.05, 4.69) is 10.4 Å². The van der Waals surface area contributed by atoms with Crippen molar-refractivity contribution in [3.05, 3.63) is 64.8 Å². The van der Waals surface area contributed by atoms with Crippen LogP contribution in [-0.2, 0) is 12.7 Å². The summed E-state index contributed by atoms with van der Waals surface area (Å²) in [5.74, 6) is -0.119. The van der Waals surface area contributed by atoms with Gasteiger partial charge in [-0.05, 0) is 55.9 Å². The molecule has 158 valence electrons. The number of carbonyl (C=O) groups is 1. The number of para-hydroxylation sites is 1. The topological polar surface area (TPSA) is 46.9 Å². The van der Waals surface area contributed by atoms with Gasteiger partial charge in [-0.3, -0.25) is 9.48 Å². The van der Waals surface area contributed by atoms with E-state index in [1.807, 2.05) is 35.1 Å². The molecule has 1 aliphatic carbocycles. The van der Waals surface area contributed by atoms with Crippen LogP contribution in [0.1, 0.15) is 41.6 Å². The standard InChI is InChI=1S/C22H21ClF3N3O/c23-19-10-7-16(22(24,25)26)11-18(19)21(30)28-17-8-5-14(6-9-17)13-29-20-4-2-1-3-15(20)12-27-29/h1-4,7,10-12,14,17H,5-6,8-9,13H2,(H,28,30)/t14-,17-. The van der Waals surface area contributed by atoms with E-state index in [-0.39, 0.29) is 16.6 Å². The molecule has 0 unspecified atom stereocenters. The zero-order valence-electron chi connectivity index (χ0n) is 16.1. The van der Waals surface area contributed by atoms with Gasteiger partial charge in [0.1, 0.15) is 0 Å². The van der Waals surface area contributed by atoms with Crippen LogP contribution in [0.2, 0.25) is 5.02 Å². The third-order valence-electron chi connectivity index (χ3n) is 5.70. The Morgan fingerprint density at radius 2 is 1.87 bits per heavy atom. The Morgan fingerprint density at radius 1 is 1.13 bits per heavy atom. The highest BCUT2D eigenvalue weighted by Gasteiger charge is 2.32. The van der Waals surface area contributed by atoms with E-state index in [1.54, 1.807) is 0 Å². The molecule has 1 aromatic heterocycles. The second kappa shape index (κ2) is 8.30. The average Bonchev–Trinajstić information content (AvgIpc) is 3.12. The SMILES string of the molecule is O=C(N[C@H]1CC[C@H](Cn2ncc3ccccc32)CC1)c1cc(C(F)(F)F)ccc1Cl. The van der Waals surface area contributed by atoms with Gasteiger partial charge in [0.15, 0.2) is 0 Å². The molecule has 8 heteroatoms. The fourth-order valence-corrected chi connectivity index (χ4v) is 4.25. The largest absolute Gasteiger partial charge is 0.416 e. The quantitative estimate of drug-likeness (QED) is 0.571. The Hall–Kier alpha value is -2.54. The lowest BCUT2D eigenvalue weighted by Crippen LogP contribution is -2.38. The molecule has 1 fully saturated rings. The minimum atomic E-state index is -4.52. The van der Waals surface area contributed by atoms with Crippen LogP contribution < -0.4 is 5.32 Å². The van der Waals surface area contributed by atoms with E-state index < -0.39 is 17.6 Å². The lowest BCUT2D eigenvalue weighted by molar-refractivity contribution is -0.137. The summed E-state index contributed by atoms with van der Waals surface area (Å²) in [6, 6.07) is 10.8. The molecule has 30 heavy (non-hydrogen) atoms. The van der Waals surface area contributed by atoms with Gasteiger partial charge >= 0.3 is 6.18 Å². The van der Waals surface area contributed by atoms with Crippen molar-refractivity contribution in [1.29, 1.82) is 0 Å². The van der Waals surface area contributed by atoms with E-state index in [1.165, 1.54) is 0 Å². The van der Waals surface area contributed by atoms with Gasteiger partial charge in [0.05, 0.1) is 27.9 Å². The number of hydrogen-bond donors (Lipinski definition) is 1. The Labute approximate surface area is 177 Å². The normalized spacial score (nSPS) is 19.7. The highest BCUT2D eigenvalue weighted by Crippen LogP contribution is 2.32. The zero-order chi connectivity index (χ0) is 21.3. The van der Waals surface area contributed by atoms with Crippen LogP contribution >= 0.6 is 11.6 Å². The Kier molecular flexibility index (Phi) is 5.73. The fourth-order valence-electron chi connectivity index (χ4n) is 4.04. The number of fused-ring (bicyclic) bond motifs is 1. The van der Waals surface area contributed by atoms with Crippen molar-refractivity contribution in [3.63, 3.8) is 0 Å². The molecule has 0 aliphatic heterocycles. The van der Waals surface area contributed by atoms with Crippen molar-refractivity contribution >= 4 is 28.4 Å². The maximum absolute atomic E-state index is 12.9. The number of carbonyl (C=O) groups excluding carboxylic acids is 1. The summed E-state index contributed by atoms with van der Waals surface area (Å²) >= 11 is 5.97. The first-order chi connectivity index (χ1) is 14.3. The maximum Gasteiger partial charge on any atom is 0.416 e. The summed E-state index contributed by atoms with van der Waals surface area (Å²) in [4.78, 5) is 12.5. The number of halogens is 4. The Morgan fingerprint density at radius 3 is 2.60 bits per heavy atom. The second-order valence-corrected chi connectivity index (χ2v) is 8.18. The fraction of sp³-hybridized carbons (Fsp3) is 0.364. The molecule has 0 atom stereocenters. The highest BCUT2D eigenvalue weighted by atomic mass is 35.5. The number of amides is 1. The minimum Gasteiger partial charge on any atom is -0.349 e. The van der Waals surface area contributed by atoms with Gasteiger partial charge in [0.2, 0.25) is 0 Å². The molecule has 0 spiro atoms. The van der Waals surface area contributed by atoms with Gasteiger partial charge in [0, 0.05) is 18.0 Å². The molecular weight excluding hydrogens is 415 g/mol. The molecule has 4 nitrogen and oxygen atoms in total. The summed E-state index contributed by atoms with van der Waals surface area (Å²) in [6.07, 6.45) is 0.706. The lowest BCUT2D eigenvalue weighted by atomic mass is 9.86. The molecule has 2 aromatic carbocycles. The molecule has 0 saturated heterocycles. The first kappa shape index (κ1) is 20.7. The van der Waals surface area contributed by atoms with Gasteiger partial charge in [-0.25, -0.2) is 0 Å². The Bertz CT molecular complexity index is 1060. The van der Waals surface area contributed by atoms with Crippen LogP contribution in [-0.4, -0.2) is 21.7 Å². The van der Waals surface area contributed by atoms with E-state index in [0.717, 1.165) is 61.3 Å². The molecule has 1 heterocycles. The zero-order valence-corrected chi connectivity index (χ0v) is 16.9. The summed E-state index contributed by atoms with van der Waals surface area (Å²) in [5, 5.41) is 8.45. The predicted molar refractivity (Wildman–Crippen MR) is 109 cm³/mol. The van der Waals surface area contributed by atoms with Gasteiger partial charge in [-0.15, -0.1) is 0 Å². The minimum absolute atomic E-state index is 0.0137. The number of alkyl halides is 3. The van der Waals surface area contributed by atoms with E-state index in [4.69, 9.17) is 11.6 Å². The molecule has 4 rings (SSSR count). The third kappa shape index (κ3) is 4.46. The number of nitrogens with one attached hydrogen (secondary N) is 1. The van der Waals surface area contributed by atoms with Crippen LogP contribution in [0.25, 0.3) is 10.9 Å². The van der Waals surface area contributed by atoms with Gasteiger partial charge in [-0.1, -0.05) is 29.8 Å². The summed E-state index contributed by atoms with van der Waals surface area (Å²) in [6.45, 7) is 0.813. The molecule has 0 radical (unpaired) electrons. The van der Waals surface area contributed by atoms with Crippen LogP contribution in [0.4, 0.5) is 13.2 Å². The van der Waals surface area contributed by atoms with E-state index in [0.29, 0.717) is 5.92 Å². The number of benzene rings is 2.